The zero-order valence-electron chi connectivity index (χ0n) is 21.8. The van der Waals surface area contributed by atoms with Gasteiger partial charge in [0.25, 0.3) is 0 Å². The normalized spacial score (nSPS) is 13.5. The van der Waals surface area contributed by atoms with Gasteiger partial charge >= 0.3 is 12.1 Å². The average molecular weight is 481 g/mol. The molecular weight excluding hydrogens is 436 g/mol. The second kappa shape index (κ2) is 12.4. The van der Waals surface area contributed by atoms with Gasteiger partial charge in [-0.3, -0.25) is 0 Å². The maximum absolute atomic E-state index is 11.9. The Kier molecular flexibility index (Phi) is 11.6. The number of carboxylic acids is 1. The maximum Gasteiger partial charge on any atom is 0.408 e. The van der Waals surface area contributed by atoms with Crippen molar-refractivity contribution < 1.29 is 19.4 Å². The molecule has 1 atom stereocenters. The predicted octanol–water partition coefficient (Wildman–Crippen LogP) is 5.44. The maximum atomic E-state index is 11.9. The summed E-state index contributed by atoms with van der Waals surface area (Å²) < 4.78 is 7.77. The molecule has 0 aromatic heterocycles. The molecule has 0 aliphatic heterocycles. The van der Waals surface area contributed by atoms with Gasteiger partial charge in [-0.2, -0.15) is 0 Å². The Morgan fingerprint density at radius 3 is 1.94 bits per heavy atom. The summed E-state index contributed by atoms with van der Waals surface area (Å²) in [6.45, 7) is 20.7. The summed E-state index contributed by atoms with van der Waals surface area (Å²) in [5.41, 5.74) is -0.516. The number of carbonyl (C=O) groups excluding carboxylic acids is 1. The fraction of sp³-hybridized carbons (Fsp3) is 0.583. The van der Waals surface area contributed by atoms with E-state index in [1.807, 2.05) is 36.4 Å². The minimum absolute atomic E-state index is 0.495. The molecule has 8 heteroatoms. The van der Waals surface area contributed by atoms with Crippen molar-refractivity contribution in [1.29, 1.82) is 0 Å². The van der Waals surface area contributed by atoms with Gasteiger partial charge in [0.15, 0.2) is 0 Å². The number of benzene rings is 1. The third-order valence-corrected chi connectivity index (χ3v) is 12.5. The molecule has 1 aromatic carbocycles. The van der Waals surface area contributed by atoms with Crippen LogP contribution in [0, 0.1) is 5.41 Å². The highest BCUT2D eigenvalue weighted by atomic mass is 28.4. The van der Waals surface area contributed by atoms with E-state index in [1.165, 1.54) is 0 Å². The van der Waals surface area contributed by atoms with Gasteiger partial charge in [0, 0.05) is 5.41 Å². The first-order valence-corrected chi connectivity index (χ1v) is 17.3. The lowest BCUT2D eigenvalue weighted by molar-refractivity contribution is -0.141. The number of aliphatic carboxylic acids is 1. The monoisotopic (exact) mass is 480 g/mol. The van der Waals surface area contributed by atoms with Gasteiger partial charge in [-0.15, -0.1) is 0 Å². The van der Waals surface area contributed by atoms with E-state index in [9.17, 15) is 14.7 Å². The SMILES string of the molecule is CC(C)(C)OC(=O)NC(C(=O)O)C(C)(C)C=Cc1ccccc1.CN([SiH](C)C)[Si](C)(C)C. The number of carbonyl (C=O) groups is 2. The first-order valence-electron chi connectivity index (χ1n) is 11.1. The second-order valence-electron chi connectivity index (χ2n) is 10.9. The number of rotatable bonds is 7. The fourth-order valence-electron chi connectivity index (χ4n) is 2.74. The van der Waals surface area contributed by atoms with Gasteiger partial charge in [-0.25, -0.2) is 9.59 Å². The Morgan fingerprint density at radius 1 is 1.09 bits per heavy atom. The summed E-state index contributed by atoms with van der Waals surface area (Å²) in [5, 5.41) is 11.9. The number of carboxylic acid groups (broad SMARTS) is 1. The zero-order valence-corrected chi connectivity index (χ0v) is 24.0. The molecule has 1 unspecified atom stereocenters. The molecule has 6 nitrogen and oxygen atoms in total. The molecule has 1 aromatic rings. The lowest BCUT2D eigenvalue weighted by atomic mass is 9.83. The van der Waals surface area contributed by atoms with Crippen molar-refractivity contribution in [3.8, 4) is 0 Å². The van der Waals surface area contributed by atoms with Crippen LogP contribution in [0.1, 0.15) is 40.2 Å². The zero-order chi connectivity index (χ0) is 25.3. The highest BCUT2D eigenvalue weighted by Gasteiger charge is 2.35. The van der Waals surface area contributed by atoms with Crippen LogP contribution in [0.15, 0.2) is 36.4 Å². The number of hydrogen-bond acceptors (Lipinski definition) is 4. The molecular formula is C24H44N2O4Si2. The second-order valence-corrected chi connectivity index (χ2v) is 19.4. The van der Waals surface area contributed by atoms with Gasteiger partial charge in [-0.05, 0) is 33.4 Å². The molecule has 0 saturated carbocycles. The summed E-state index contributed by atoms with van der Waals surface area (Å²) >= 11 is 0. The van der Waals surface area contributed by atoms with Gasteiger partial charge in [0.05, 0.1) is 8.96 Å². The Hall–Kier alpha value is -1.91. The first kappa shape index (κ1) is 30.1. The topological polar surface area (TPSA) is 78.9 Å². The predicted molar refractivity (Wildman–Crippen MR) is 140 cm³/mol. The fourth-order valence-corrected chi connectivity index (χ4v) is 8.93. The lowest BCUT2D eigenvalue weighted by Gasteiger charge is -2.33. The number of amides is 1. The van der Waals surface area contributed by atoms with Crippen molar-refractivity contribution in [3.05, 3.63) is 42.0 Å². The molecule has 0 bridgehead atoms. The van der Waals surface area contributed by atoms with Gasteiger partial charge < -0.3 is 19.4 Å². The Labute approximate surface area is 197 Å². The molecule has 182 valence electrons. The summed E-state index contributed by atoms with van der Waals surface area (Å²) in [4.78, 5) is 23.4. The van der Waals surface area contributed by atoms with E-state index in [4.69, 9.17) is 4.74 Å². The molecule has 1 rings (SSSR count). The Bertz CT molecular complexity index is 752. The van der Waals surface area contributed by atoms with Crippen LogP contribution in [0.5, 0.6) is 0 Å². The van der Waals surface area contributed by atoms with E-state index in [1.54, 1.807) is 40.7 Å². The van der Waals surface area contributed by atoms with Crippen LogP contribution in [0.25, 0.3) is 6.08 Å². The van der Waals surface area contributed by atoms with Crippen LogP contribution in [0.2, 0.25) is 32.7 Å². The third kappa shape index (κ3) is 12.2. The number of alkyl carbamates (subject to hydrolysis) is 1. The van der Waals surface area contributed by atoms with Crippen molar-refractivity contribution >= 4 is 35.3 Å². The lowest BCUT2D eigenvalue weighted by Crippen LogP contribution is -2.50. The standard InChI is InChI=1S/C18H25NO4.C6H19NSi2/c1-17(2,3)23-16(22)19-14(15(20)21)18(4,5)12-11-13-9-7-6-8-10-13;1-7(8(2)3)9(4,5)6/h6-12,14H,1-5H3,(H,19,22)(H,20,21);8H,1-6H3. The van der Waals surface area contributed by atoms with E-state index in [-0.39, 0.29) is 0 Å². The summed E-state index contributed by atoms with van der Waals surface area (Å²) in [6.07, 6.45) is 2.87. The van der Waals surface area contributed by atoms with E-state index in [2.05, 4.69) is 49.3 Å². The molecule has 0 aliphatic rings. The van der Waals surface area contributed by atoms with Crippen molar-refractivity contribution in [2.45, 2.75) is 79.0 Å². The van der Waals surface area contributed by atoms with Crippen LogP contribution < -0.4 is 5.32 Å². The largest absolute Gasteiger partial charge is 0.480 e. The minimum atomic E-state index is -1.11. The molecule has 0 saturated heterocycles. The molecule has 32 heavy (non-hydrogen) atoms. The Morgan fingerprint density at radius 2 is 1.59 bits per heavy atom. The average Bonchev–Trinajstić information content (AvgIpc) is 2.62. The third-order valence-electron chi connectivity index (χ3n) is 4.99. The van der Waals surface area contributed by atoms with Crippen molar-refractivity contribution in [2.75, 3.05) is 7.05 Å². The number of nitrogens with one attached hydrogen (secondary N) is 1. The van der Waals surface area contributed by atoms with E-state index >= 15 is 0 Å². The van der Waals surface area contributed by atoms with Crippen LogP contribution in [0.4, 0.5) is 4.79 Å². The number of hydrogen-bond donors (Lipinski definition) is 2. The molecule has 2 N–H and O–H groups in total. The van der Waals surface area contributed by atoms with Crippen LogP contribution >= 0.6 is 0 Å². The number of nitrogens with zero attached hydrogens (tertiary/aromatic N) is 1. The van der Waals surface area contributed by atoms with Gasteiger partial charge in [0.1, 0.15) is 19.9 Å². The highest BCUT2D eigenvalue weighted by molar-refractivity contribution is 6.82. The molecule has 0 heterocycles. The number of ether oxygens (including phenoxy) is 1. The summed E-state index contributed by atoms with van der Waals surface area (Å²) in [6, 6.07) is 8.46. The molecule has 0 fully saturated rings. The quantitative estimate of drug-likeness (QED) is 0.508. The van der Waals surface area contributed by atoms with Crippen molar-refractivity contribution in [3.63, 3.8) is 0 Å². The Balaban J connectivity index is 0.000000900. The van der Waals surface area contributed by atoms with Crippen molar-refractivity contribution in [2.24, 2.45) is 5.41 Å². The smallest absolute Gasteiger partial charge is 0.408 e. The van der Waals surface area contributed by atoms with Gasteiger partial charge in [0.2, 0.25) is 0 Å². The molecule has 1 amide bonds. The summed E-state index contributed by atoms with van der Waals surface area (Å²) in [7, 11) is 0.858. The van der Waals surface area contributed by atoms with E-state index in [0.717, 1.165) is 5.56 Å². The summed E-state index contributed by atoms with van der Waals surface area (Å²) in [5.74, 6) is -1.11. The molecule has 0 spiro atoms. The highest BCUT2D eigenvalue weighted by Crippen LogP contribution is 2.25. The first-order chi connectivity index (χ1) is 14.4. The molecule has 0 radical (unpaired) electrons. The van der Waals surface area contributed by atoms with Crippen LogP contribution in [-0.4, -0.2) is 57.3 Å². The van der Waals surface area contributed by atoms with E-state index < -0.39 is 46.3 Å². The van der Waals surface area contributed by atoms with Crippen LogP contribution in [0.3, 0.4) is 0 Å². The van der Waals surface area contributed by atoms with Crippen molar-refractivity contribution in [1.82, 2.24) is 9.55 Å². The minimum Gasteiger partial charge on any atom is -0.480 e. The van der Waals surface area contributed by atoms with Crippen LogP contribution in [-0.2, 0) is 9.53 Å². The van der Waals surface area contributed by atoms with E-state index in [0.29, 0.717) is 0 Å². The molecule has 0 aliphatic carbocycles. The van der Waals surface area contributed by atoms with Gasteiger partial charge in [-0.1, -0.05) is 89.1 Å².